The van der Waals surface area contributed by atoms with E-state index >= 15 is 0 Å². The predicted molar refractivity (Wildman–Crippen MR) is 68.6 cm³/mol. The normalized spacial score (nSPS) is 29.0. The summed E-state index contributed by atoms with van der Waals surface area (Å²) in [6.07, 6.45) is 5.95. The van der Waals surface area contributed by atoms with Crippen LogP contribution in [-0.2, 0) is 4.79 Å². The largest absolute Gasteiger partial charge is 0.481 e. The van der Waals surface area contributed by atoms with Crippen LogP contribution in [0.5, 0.6) is 0 Å². The molecule has 2 aliphatic rings. The van der Waals surface area contributed by atoms with Crippen LogP contribution in [0.25, 0.3) is 0 Å². The van der Waals surface area contributed by atoms with E-state index in [9.17, 15) is 9.90 Å². The quantitative estimate of drug-likeness (QED) is 0.871. The Morgan fingerprint density at radius 1 is 1.63 bits per heavy atom. The van der Waals surface area contributed by atoms with Crippen LogP contribution in [-0.4, -0.2) is 29.1 Å². The van der Waals surface area contributed by atoms with Gasteiger partial charge < -0.3 is 10.0 Å². The van der Waals surface area contributed by atoms with E-state index < -0.39 is 11.4 Å². The highest BCUT2D eigenvalue weighted by molar-refractivity contribution is 5.78. The summed E-state index contributed by atoms with van der Waals surface area (Å²) in [5, 5.41) is 18.7. The minimum Gasteiger partial charge on any atom is -0.481 e. The zero-order valence-electron chi connectivity index (χ0n) is 10.5. The molecule has 1 N–H and O–H groups in total. The summed E-state index contributed by atoms with van der Waals surface area (Å²) in [7, 11) is 0. The van der Waals surface area contributed by atoms with E-state index in [0.29, 0.717) is 18.7 Å². The molecular weight excluding hydrogens is 242 g/mol. The van der Waals surface area contributed by atoms with Crippen LogP contribution in [0.15, 0.2) is 18.5 Å². The van der Waals surface area contributed by atoms with Gasteiger partial charge in [0.2, 0.25) is 0 Å². The highest BCUT2D eigenvalue weighted by atomic mass is 16.4. The van der Waals surface area contributed by atoms with Crippen molar-refractivity contribution < 1.29 is 9.90 Å². The van der Waals surface area contributed by atoms with Gasteiger partial charge in [0.15, 0.2) is 0 Å². The fourth-order valence-corrected chi connectivity index (χ4v) is 3.56. The molecule has 2 heterocycles. The van der Waals surface area contributed by atoms with Crippen molar-refractivity contribution in [1.82, 2.24) is 4.98 Å². The van der Waals surface area contributed by atoms with Crippen LogP contribution >= 0.6 is 0 Å². The Morgan fingerprint density at radius 2 is 2.47 bits per heavy atom. The monoisotopic (exact) mass is 257 g/mol. The summed E-state index contributed by atoms with van der Waals surface area (Å²) in [4.78, 5) is 17.7. The third kappa shape index (κ3) is 1.67. The maximum Gasteiger partial charge on any atom is 0.311 e. The van der Waals surface area contributed by atoms with E-state index in [4.69, 9.17) is 5.26 Å². The molecule has 2 atom stereocenters. The number of aromatic nitrogens is 1. The average molecular weight is 257 g/mol. The molecule has 1 saturated heterocycles. The van der Waals surface area contributed by atoms with Gasteiger partial charge in [-0.25, -0.2) is 0 Å². The van der Waals surface area contributed by atoms with E-state index in [2.05, 4.69) is 11.1 Å². The molecule has 98 valence electrons. The van der Waals surface area contributed by atoms with Gasteiger partial charge in [-0.1, -0.05) is 6.42 Å². The van der Waals surface area contributed by atoms with Gasteiger partial charge in [-0.2, -0.15) is 5.26 Å². The fourth-order valence-electron chi connectivity index (χ4n) is 3.56. The molecule has 1 aliphatic heterocycles. The van der Waals surface area contributed by atoms with Crippen molar-refractivity contribution in [2.24, 2.45) is 11.3 Å². The molecule has 0 radical (unpaired) electrons. The zero-order valence-corrected chi connectivity index (χ0v) is 10.5. The lowest BCUT2D eigenvalue weighted by Gasteiger charge is -2.24. The first-order valence-corrected chi connectivity index (χ1v) is 6.50. The van der Waals surface area contributed by atoms with E-state index in [-0.39, 0.29) is 5.92 Å². The maximum atomic E-state index is 11.6. The number of carboxylic acids is 1. The molecule has 1 aromatic heterocycles. The number of fused-ring (bicyclic) bond motifs is 1. The average Bonchev–Trinajstić information content (AvgIpc) is 2.96. The Labute approximate surface area is 111 Å². The molecule has 1 saturated carbocycles. The predicted octanol–water partition coefficient (Wildman–Crippen LogP) is 1.64. The number of nitrogens with zero attached hydrogens (tertiary/aromatic N) is 3. The summed E-state index contributed by atoms with van der Waals surface area (Å²) < 4.78 is 0. The number of anilines is 1. The van der Waals surface area contributed by atoms with Gasteiger partial charge in [-0.15, -0.1) is 0 Å². The highest BCUT2D eigenvalue weighted by Crippen LogP contribution is 2.50. The molecule has 2 fully saturated rings. The lowest BCUT2D eigenvalue weighted by atomic mass is 9.81. The molecule has 0 aromatic carbocycles. The van der Waals surface area contributed by atoms with Gasteiger partial charge >= 0.3 is 5.97 Å². The van der Waals surface area contributed by atoms with Crippen molar-refractivity contribution in [2.75, 3.05) is 18.0 Å². The van der Waals surface area contributed by atoms with Crippen molar-refractivity contribution in [3.8, 4) is 6.07 Å². The molecule has 1 aromatic rings. The van der Waals surface area contributed by atoms with Crippen LogP contribution in [0.3, 0.4) is 0 Å². The first-order valence-electron chi connectivity index (χ1n) is 6.50. The molecule has 0 amide bonds. The van der Waals surface area contributed by atoms with Crippen molar-refractivity contribution in [3.05, 3.63) is 24.0 Å². The number of rotatable bonds is 2. The zero-order chi connectivity index (χ0) is 13.5. The van der Waals surface area contributed by atoms with Crippen LogP contribution < -0.4 is 4.90 Å². The Bertz CT molecular complexity index is 566. The number of aliphatic carboxylic acids is 1. The number of pyridine rings is 1. The fraction of sp³-hybridized carbons (Fsp3) is 0.500. The van der Waals surface area contributed by atoms with E-state index in [1.165, 1.54) is 0 Å². The minimum absolute atomic E-state index is 0.191. The van der Waals surface area contributed by atoms with E-state index in [1.54, 1.807) is 18.5 Å². The number of carbonyl (C=O) groups is 1. The van der Waals surface area contributed by atoms with Crippen molar-refractivity contribution >= 4 is 11.7 Å². The molecule has 19 heavy (non-hydrogen) atoms. The Kier molecular flexibility index (Phi) is 2.67. The SMILES string of the molecule is N#Cc1ccncc1N1C[C@@H]2CCC[C@@]2(C(=O)O)C1. The summed E-state index contributed by atoms with van der Waals surface area (Å²) in [6, 6.07) is 3.83. The van der Waals surface area contributed by atoms with Gasteiger partial charge in [0.1, 0.15) is 6.07 Å². The number of hydrogen-bond donors (Lipinski definition) is 1. The van der Waals surface area contributed by atoms with E-state index in [0.717, 1.165) is 24.9 Å². The van der Waals surface area contributed by atoms with Crippen LogP contribution in [0.2, 0.25) is 0 Å². The molecule has 0 unspecified atom stereocenters. The highest BCUT2D eigenvalue weighted by Gasteiger charge is 2.55. The summed E-state index contributed by atoms with van der Waals surface area (Å²) in [6.45, 7) is 1.21. The second-order valence-corrected chi connectivity index (χ2v) is 5.44. The lowest BCUT2D eigenvalue weighted by Crippen LogP contribution is -2.35. The molecule has 3 rings (SSSR count). The smallest absolute Gasteiger partial charge is 0.311 e. The third-order valence-electron chi connectivity index (χ3n) is 4.56. The second kappa shape index (κ2) is 4.23. The molecule has 0 bridgehead atoms. The summed E-state index contributed by atoms with van der Waals surface area (Å²) in [5.41, 5.74) is 0.707. The number of carboxylic acid groups (broad SMARTS) is 1. The van der Waals surface area contributed by atoms with Gasteiger partial charge in [0, 0.05) is 19.3 Å². The molecule has 1 aliphatic carbocycles. The van der Waals surface area contributed by atoms with Gasteiger partial charge in [-0.05, 0) is 24.8 Å². The Balaban J connectivity index is 1.94. The van der Waals surface area contributed by atoms with E-state index in [1.807, 2.05) is 4.90 Å². The standard InChI is InChI=1S/C14H15N3O2/c15-6-10-3-5-16-7-12(10)17-8-11-2-1-4-14(11,9-17)13(18)19/h3,5,7,11H,1-2,4,8-9H2,(H,18,19)/t11-,14+/m0/s1. The van der Waals surface area contributed by atoms with Crippen molar-refractivity contribution in [3.63, 3.8) is 0 Å². The summed E-state index contributed by atoms with van der Waals surface area (Å²) in [5.74, 6) is -0.503. The van der Waals surface area contributed by atoms with Crippen molar-refractivity contribution in [2.45, 2.75) is 19.3 Å². The summed E-state index contributed by atoms with van der Waals surface area (Å²) >= 11 is 0. The van der Waals surface area contributed by atoms with Gasteiger partial charge in [0.25, 0.3) is 0 Å². The van der Waals surface area contributed by atoms with Gasteiger partial charge in [0.05, 0.1) is 22.9 Å². The van der Waals surface area contributed by atoms with Gasteiger partial charge in [-0.3, -0.25) is 9.78 Å². The second-order valence-electron chi connectivity index (χ2n) is 5.44. The molecular formula is C14H15N3O2. The van der Waals surface area contributed by atoms with Crippen LogP contribution in [0.4, 0.5) is 5.69 Å². The molecule has 0 spiro atoms. The number of nitriles is 1. The lowest BCUT2D eigenvalue weighted by molar-refractivity contribution is -0.149. The third-order valence-corrected chi connectivity index (χ3v) is 4.56. The topological polar surface area (TPSA) is 77.2 Å². The molecule has 5 nitrogen and oxygen atoms in total. The molecule has 5 heteroatoms. The van der Waals surface area contributed by atoms with Crippen molar-refractivity contribution in [1.29, 1.82) is 5.26 Å². The first kappa shape index (κ1) is 12.0. The van der Waals surface area contributed by atoms with Crippen LogP contribution in [0.1, 0.15) is 24.8 Å². The Hall–Kier alpha value is -2.09. The van der Waals surface area contributed by atoms with Crippen LogP contribution in [0, 0.1) is 22.7 Å². The Morgan fingerprint density at radius 3 is 3.16 bits per heavy atom. The number of hydrogen-bond acceptors (Lipinski definition) is 4. The first-order chi connectivity index (χ1) is 9.17. The maximum absolute atomic E-state index is 11.6. The minimum atomic E-state index is -0.695.